The molecule has 1 fully saturated rings. The highest BCUT2D eigenvalue weighted by atomic mass is 32.1. The Morgan fingerprint density at radius 1 is 1.13 bits per heavy atom. The molecule has 0 atom stereocenters. The average Bonchev–Trinajstić information content (AvgIpc) is 3.50. The molecule has 4 aromatic rings. The molecule has 1 saturated carbocycles. The van der Waals surface area contributed by atoms with E-state index in [-0.39, 0.29) is 22.6 Å². The van der Waals surface area contributed by atoms with Crippen molar-refractivity contribution in [3.05, 3.63) is 74.2 Å². The zero-order chi connectivity index (χ0) is 21.7. The Morgan fingerprint density at radius 3 is 2.52 bits per heavy atom. The molecule has 5 rings (SSSR count). The van der Waals surface area contributed by atoms with Crippen LogP contribution in [0.1, 0.15) is 23.6 Å². The van der Waals surface area contributed by atoms with Crippen LogP contribution in [-0.4, -0.2) is 20.7 Å². The van der Waals surface area contributed by atoms with Gasteiger partial charge in [-0.15, -0.1) is 11.3 Å². The molecule has 6 nitrogen and oxygen atoms in total. The highest BCUT2D eigenvalue weighted by molar-refractivity contribution is 7.18. The van der Waals surface area contributed by atoms with Crippen molar-refractivity contribution in [2.45, 2.75) is 25.4 Å². The van der Waals surface area contributed by atoms with Crippen LogP contribution in [0.5, 0.6) is 5.75 Å². The lowest BCUT2D eigenvalue weighted by atomic mass is 10.2. The van der Waals surface area contributed by atoms with Gasteiger partial charge in [-0.05, 0) is 55.2 Å². The van der Waals surface area contributed by atoms with E-state index in [0.717, 1.165) is 12.8 Å². The third-order valence-electron chi connectivity index (χ3n) is 5.23. The summed E-state index contributed by atoms with van der Waals surface area (Å²) in [4.78, 5) is 31.8. The van der Waals surface area contributed by atoms with E-state index in [1.54, 1.807) is 42.8 Å². The van der Waals surface area contributed by atoms with Crippen molar-refractivity contribution in [3.63, 3.8) is 0 Å². The van der Waals surface area contributed by atoms with Crippen molar-refractivity contribution in [1.82, 2.24) is 14.1 Å². The maximum absolute atomic E-state index is 13.5. The lowest BCUT2D eigenvalue weighted by molar-refractivity contribution is -0.0498. The number of hydrogen-bond donors (Lipinski definition) is 0. The van der Waals surface area contributed by atoms with Gasteiger partial charge in [0.15, 0.2) is 0 Å². The van der Waals surface area contributed by atoms with Gasteiger partial charge >= 0.3 is 6.61 Å². The smallest absolute Gasteiger partial charge is 0.387 e. The highest BCUT2D eigenvalue weighted by Gasteiger charge is 2.27. The summed E-state index contributed by atoms with van der Waals surface area (Å²) in [6.45, 7) is -2.92. The Kier molecular flexibility index (Phi) is 4.70. The molecule has 0 N–H and O–H groups in total. The molecule has 9 heteroatoms. The van der Waals surface area contributed by atoms with Crippen LogP contribution < -0.4 is 15.9 Å². The number of halogens is 2. The van der Waals surface area contributed by atoms with Gasteiger partial charge in [0.1, 0.15) is 16.3 Å². The van der Waals surface area contributed by atoms with E-state index >= 15 is 0 Å². The average molecular weight is 441 g/mol. The molecule has 0 bridgehead atoms. The van der Waals surface area contributed by atoms with E-state index in [1.165, 1.54) is 32.2 Å². The number of aromatic nitrogens is 3. The molecular weight excluding hydrogens is 424 g/mol. The minimum absolute atomic E-state index is 0.0133. The molecule has 158 valence electrons. The minimum atomic E-state index is -2.92. The quantitative estimate of drug-likeness (QED) is 0.463. The number of nitrogens with zero attached hydrogens (tertiary/aromatic N) is 3. The summed E-state index contributed by atoms with van der Waals surface area (Å²) in [6, 6.07) is 10.9. The molecule has 1 aliphatic carbocycles. The number of alkyl halides is 2. The number of ether oxygens (including phenoxy) is 1. The summed E-state index contributed by atoms with van der Waals surface area (Å²) in [5, 5.41) is 0. The van der Waals surface area contributed by atoms with Crippen LogP contribution in [0, 0.1) is 0 Å². The topological polar surface area (TPSA) is 66.1 Å². The molecule has 0 amide bonds. The largest absolute Gasteiger partial charge is 0.435 e. The molecule has 31 heavy (non-hydrogen) atoms. The van der Waals surface area contributed by atoms with Crippen LogP contribution in [-0.2, 0) is 7.05 Å². The lowest BCUT2D eigenvalue weighted by Crippen LogP contribution is -2.23. The van der Waals surface area contributed by atoms with Gasteiger partial charge in [0, 0.05) is 35.4 Å². The van der Waals surface area contributed by atoms with Gasteiger partial charge in [-0.3, -0.25) is 14.2 Å². The van der Waals surface area contributed by atoms with E-state index in [0.29, 0.717) is 27.5 Å². The molecule has 0 radical (unpaired) electrons. The van der Waals surface area contributed by atoms with Gasteiger partial charge in [0.05, 0.1) is 5.52 Å². The van der Waals surface area contributed by atoms with Crippen molar-refractivity contribution in [2.24, 2.45) is 7.05 Å². The fraction of sp³-hybridized carbons (Fsp3) is 0.227. The third kappa shape index (κ3) is 3.65. The Labute approximate surface area is 179 Å². The molecular formula is C22H17F2N3O3S. The molecule has 0 saturated heterocycles. The van der Waals surface area contributed by atoms with Gasteiger partial charge in [-0.2, -0.15) is 8.78 Å². The highest BCUT2D eigenvalue weighted by Crippen LogP contribution is 2.45. The number of pyridine rings is 1. The van der Waals surface area contributed by atoms with Gasteiger partial charge in [-0.25, -0.2) is 4.98 Å². The summed E-state index contributed by atoms with van der Waals surface area (Å²) in [5.41, 5.74) is 1.40. The Morgan fingerprint density at radius 2 is 1.87 bits per heavy atom. The van der Waals surface area contributed by atoms with Crippen LogP contribution in [0.3, 0.4) is 0 Å². The van der Waals surface area contributed by atoms with E-state index in [2.05, 4.69) is 9.72 Å². The Bertz CT molecular complexity index is 1400. The predicted molar refractivity (Wildman–Crippen MR) is 115 cm³/mol. The molecule has 1 aliphatic rings. The van der Waals surface area contributed by atoms with Crippen LogP contribution in [0.4, 0.5) is 8.78 Å². The van der Waals surface area contributed by atoms with Crippen LogP contribution in [0.15, 0.2) is 58.3 Å². The minimum Gasteiger partial charge on any atom is -0.435 e. The first-order chi connectivity index (χ1) is 14.9. The number of thiophene rings is 1. The summed E-state index contributed by atoms with van der Waals surface area (Å²) in [5.74, 6) is 0.505. The second-order valence-electron chi connectivity index (χ2n) is 7.45. The first-order valence-electron chi connectivity index (χ1n) is 9.69. The number of rotatable bonds is 5. The standard InChI is InChI=1S/C22H17F2N3O3S/c1-26-11-13(4-9-18(26)28)19-21(29)27(14-5-7-15(8-6-14)30-22(23)24)16-10-17(12-2-3-12)31-20(16)25-19/h4-12,22H,2-3H2,1H3. The summed E-state index contributed by atoms with van der Waals surface area (Å²) in [6.07, 6.45) is 3.81. The maximum Gasteiger partial charge on any atom is 0.387 e. The Hall–Kier alpha value is -3.33. The third-order valence-corrected chi connectivity index (χ3v) is 6.41. The van der Waals surface area contributed by atoms with E-state index in [9.17, 15) is 18.4 Å². The number of fused-ring (bicyclic) bond motifs is 1. The predicted octanol–water partition coefficient (Wildman–Crippen LogP) is 4.29. The number of hydrogen-bond acceptors (Lipinski definition) is 5. The van der Waals surface area contributed by atoms with Crippen molar-refractivity contribution in [3.8, 4) is 22.7 Å². The molecule has 3 aromatic heterocycles. The van der Waals surface area contributed by atoms with Crippen LogP contribution >= 0.6 is 11.3 Å². The molecule has 0 spiro atoms. The number of aryl methyl sites for hydroxylation is 1. The monoisotopic (exact) mass is 441 g/mol. The van der Waals surface area contributed by atoms with Crippen molar-refractivity contribution < 1.29 is 13.5 Å². The van der Waals surface area contributed by atoms with Crippen molar-refractivity contribution >= 4 is 21.7 Å². The summed E-state index contributed by atoms with van der Waals surface area (Å²) >= 11 is 1.55. The SMILES string of the molecule is Cn1cc(-c2nc3sc(C4CC4)cc3n(-c3ccc(OC(F)F)cc3)c2=O)ccc1=O. The van der Waals surface area contributed by atoms with Crippen LogP contribution in [0.25, 0.3) is 27.3 Å². The molecule has 3 heterocycles. The van der Waals surface area contributed by atoms with E-state index < -0.39 is 6.61 Å². The zero-order valence-corrected chi connectivity index (χ0v) is 17.2. The fourth-order valence-electron chi connectivity index (χ4n) is 3.52. The van der Waals surface area contributed by atoms with E-state index in [4.69, 9.17) is 0 Å². The first kappa shape index (κ1) is 19.6. The second kappa shape index (κ2) is 7.42. The fourth-order valence-corrected chi connectivity index (χ4v) is 4.71. The number of benzene rings is 1. The Balaban J connectivity index is 1.73. The first-order valence-corrected chi connectivity index (χ1v) is 10.5. The molecule has 0 aliphatic heterocycles. The van der Waals surface area contributed by atoms with Gasteiger partial charge in [0.25, 0.3) is 5.56 Å². The van der Waals surface area contributed by atoms with Crippen LogP contribution in [0.2, 0.25) is 0 Å². The second-order valence-corrected chi connectivity index (χ2v) is 8.52. The van der Waals surface area contributed by atoms with Gasteiger partial charge in [0.2, 0.25) is 5.56 Å². The summed E-state index contributed by atoms with van der Waals surface area (Å²) in [7, 11) is 1.61. The van der Waals surface area contributed by atoms with E-state index in [1.807, 2.05) is 6.07 Å². The van der Waals surface area contributed by atoms with Gasteiger partial charge in [-0.1, -0.05) is 0 Å². The maximum atomic E-state index is 13.5. The van der Waals surface area contributed by atoms with Crippen molar-refractivity contribution in [1.29, 1.82) is 0 Å². The summed E-state index contributed by atoms with van der Waals surface area (Å²) < 4.78 is 32.3. The zero-order valence-electron chi connectivity index (χ0n) is 16.4. The molecule has 1 aromatic carbocycles. The van der Waals surface area contributed by atoms with Crippen molar-refractivity contribution in [2.75, 3.05) is 0 Å². The lowest BCUT2D eigenvalue weighted by Gasteiger charge is -2.12. The molecule has 0 unspecified atom stereocenters. The normalized spacial score (nSPS) is 13.8. The van der Waals surface area contributed by atoms with Gasteiger partial charge < -0.3 is 9.30 Å².